The molecule has 2 atom stereocenters. The van der Waals surface area contributed by atoms with E-state index < -0.39 is 5.79 Å². The summed E-state index contributed by atoms with van der Waals surface area (Å²) in [5.41, 5.74) is 1.88. The van der Waals surface area contributed by atoms with Crippen LogP contribution in [-0.4, -0.2) is 97.1 Å². The van der Waals surface area contributed by atoms with Crippen LogP contribution in [0.1, 0.15) is 19.4 Å². The maximum absolute atomic E-state index is 12.2. The Kier molecular flexibility index (Phi) is 10.7. The molecule has 3 aromatic rings. The number of imidazole rings is 1. The maximum atomic E-state index is 12.2. The van der Waals surface area contributed by atoms with Crippen molar-refractivity contribution in [2.75, 3.05) is 70.5 Å². The molecular weight excluding hydrogens is 591 g/mol. The molecule has 0 radical (unpaired) electrons. The average Bonchev–Trinajstić information content (AvgIpc) is 3.68. The van der Waals surface area contributed by atoms with E-state index in [1.807, 2.05) is 42.8 Å². The molecule has 0 bridgehead atoms. The Bertz CT molecular complexity index is 1320. The van der Waals surface area contributed by atoms with Crippen LogP contribution in [0.3, 0.4) is 0 Å². The third-order valence-corrected chi connectivity index (χ3v) is 8.46. The lowest BCUT2D eigenvalue weighted by atomic mass is 10.1. The maximum Gasteiger partial charge on any atom is 0.317 e. The first-order valence-corrected chi connectivity index (χ1v) is 15.6. The van der Waals surface area contributed by atoms with E-state index in [0.29, 0.717) is 41.9 Å². The van der Waals surface area contributed by atoms with E-state index in [1.165, 1.54) is 5.69 Å². The number of benzene rings is 2. The van der Waals surface area contributed by atoms with Gasteiger partial charge in [0.05, 0.1) is 24.5 Å². The van der Waals surface area contributed by atoms with E-state index in [1.54, 1.807) is 29.6 Å². The number of aromatic nitrogens is 2. The van der Waals surface area contributed by atoms with Crippen LogP contribution >= 0.6 is 23.2 Å². The lowest BCUT2D eigenvalue weighted by molar-refractivity contribution is -0.189. The predicted octanol–water partition coefficient (Wildman–Crippen LogP) is 4.71. The number of carbonyl (C=O) groups excluding carboxylic acids is 1. The summed E-state index contributed by atoms with van der Waals surface area (Å²) < 4.78 is 20.8. The number of nitrogens with zero attached hydrogens (tertiary/aromatic N) is 5. The van der Waals surface area contributed by atoms with Crippen LogP contribution in [0.25, 0.3) is 0 Å². The van der Waals surface area contributed by atoms with Crippen molar-refractivity contribution in [3.63, 3.8) is 0 Å². The zero-order valence-corrected chi connectivity index (χ0v) is 26.3. The van der Waals surface area contributed by atoms with Crippen molar-refractivity contribution < 1.29 is 19.0 Å². The minimum absolute atomic E-state index is 0.0118. The third kappa shape index (κ3) is 7.93. The quantitative estimate of drug-likeness (QED) is 0.310. The summed E-state index contributed by atoms with van der Waals surface area (Å²) in [6.45, 7) is 11.8. The average molecular weight is 632 g/mol. The van der Waals surface area contributed by atoms with Gasteiger partial charge in [-0.1, -0.05) is 29.3 Å². The van der Waals surface area contributed by atoms with E-state index in [4.69, 9.17) is 37.4 Å². The number of ether oxygens (including phenoxy) is 3. The Morgan fingerprint density at radius 3 is 2.56 bits per heavy atom. The summed E-state index contributed by atoms with van der Waals surface area (Å²) >= 11 is 12.7. The molecule has 2 amide bonds. The SMILES string of the molecule is CCN(CC)C(=O)NCCN1CCN(c2ccc(OCC3COC(Cn4ccnc4)(c4ccc(Cl)cc4Cl)O3)cc2)CC1. The highest BCUT2D eigenvalue weighted by atomic mass is 35.5. The van der Waals surface area contributed by atoms with Crippen molar-refractivity contribution in [2.45, 2.75) is 32.3 Å². The van der Waals surface area contributed by atoms with Crippen molar-refractivity contribution in [1.29, 1.82) is 0 Å². The molecule has 1 aromatic heterocycles. The molecule has 5 rings (SSSR count). The van der Waals surface area contributed by atoms with Gasteiger partial charge in [-0.05, 0) is 50.2 Å². The second-order valence-electron chi connectivity index (χ2n) is 10.7. The molecule has 10 nitrogen and oxygen atoms in total. The number of hydrogen-bond acceptors (Lipinski definition) is 7. The fourth-order valence-corrected chi connectivity index (χ4v) is 6.04. The normalized spacial score (nSPS) is 20.7. The van der Waals surface area contributed by atoms with Gasteiger partial charge in [0.1, 0.15) is 18.5 Å². The van der Waals surface area contributed by atoms with Crippen molar-refractivity contribution in [3.8, 4) is 5.75 Å². The molecule has 12 heteroatoms. The van der Waals surface area contributed by atoms with Gasteiger partial charge in [0, 0.05) is 81.0 Å². The number of amides is 2. The molecule has 2 aliphatic rings. The summed E-state index contributed by atoms with van der Waals surface area (Å²) in [7, 11) is 0. The molecule has 232 valence electrons. The Balaban J connectivity index is 1.10. The summed E-state index contributed by atoms with van der Waals surface area (Å²) in [6, 6.07) is 13.5. The first kappa shape index (κ1) is 31.4. The standard InChI is InChI=1S/C31H40Cl2N6O4/c1-3-38(4-2)30(40)35-12-14-36-15-17-39(18-16-36)25-6-8-26(9-7-25)41-20-27-21-42-31(43-27,22-37-13-11-34-23-37)28-10-5-24(32)19-29(28)33/h5-11,13,19,23,27H,3-4,12,14-18,20-22H2,1-2H3,(H,35,40). The van der Waals surface area contributed by atoms with E-state index in [9.17, 15) is 4.79 Å². The minimum Gasteiger partial charge on any atom is -0.491 e. The number of carbonyl (C=O) groups is 1. The van der Waals surface area contributed by atoms with Gasteiger partial charge < -0.3 is 33.9 Å². The molecule has 2 unspecified atom stereocenters. The second-order valence-corrected chi connectivity index (χ2v) is 11.5. The van der Waals surface area contributed by atoms with Gasteiger partial charge in [0.15, 0.2) is 0 Å². The zero-order valence-electron chi connectivity index (χ0n) is 24.8. The highest BCUT2D eigenvalue weighted by Crippen LogP contribution is 2.40. The number of anilines is 1. The smallest absolute Gasteiger partial charge is 0.317 e. The third-order valence-electron chi connectivity index (χ3n) is 7.92. The Hall–Kier alpha value is -3.02. The Morgan fingerprint density at radius 2 is 1.88 bits per heavy atom. The number of hydrogen-bond donors (Lipinski definition) is 1. The number of halogens is 2. The fraction of sp³-hybridized carbons (Fsp3) is 0.484. The molecule has 0 aliphatic carbocycles. The van der Waals surface area contributed by atoms with E-state index in [-0.39, 0.29) is 12.1 Å². The second kappa shape index (κ2) is 14.6. The Labute approximate surface area is 263 Å². The van der Waals surface area contributed by atoms with Gasteiger partial charge in [0.25, 0.3) is 0 Å². The van der Waals surface area contributed by atoms with Gasteiger partial charge in [-0.15, -0.1) is 0 Å². The van der Waals surface area contributed by atoms with Crippen LogP contribution in [0.2, 0.25) is 10.0 Å². The molecule has 2 aliphatic heterocycles. The van der Waals surface area contributed by atoms with Gasteiger partial charge in [-0.3, -0.25) is 4.90 Å². The molecule has 2 fully saturated rings. The minimum atomic E-state index is -1.08. The van der Waals surface area contributed by atoms with Gasteiger partial charge in [-0.2, -0.15) is 0 Å². The van der Waals surface area contributed by atoms with Crippen LogP contribution in [-0.2, 0) is 21.8 Å². The molecule has 0 spiro atoms. The van der Waals surface area contributed by atoms with Crippen LogP contribution in [0, 0.1) is 0 Å². The molecule has 3 heterocycles. The van der Waals surface area contributed by atoms with Gasteiger partial charge in [0.2, 0.25) is 5.79 Å². The fourth-order valence-electron chi connectivity index (χ4n) is 5.49. The lowest BCUT2D eigenvalue weighted by Crippen LogP contribution is -2.49. The molecule has 0 saturated carbocycles. The summed E-state index contributed by atoms with van der Waals surface area (Å²) in [5.74, 6) is -0.314. The van der Waals surface area contributed by atoms with E-state index in [0.717, 1.165) is 51.6 Å². The summed E-state index contributed by atoms with van der Waals surface area (Å²) in [5, 5.41) is 4.05. The van der Waals surface area contributed by atoms with Crippen LogP contribution in [0.5, 0.6) is 5.75 Å². The van der Waals surface area contributed by atoms with E-state index >= 15 is 0 Å². The highest BCUT2D eigenvalue weighted by Gasteiger charge is 2.45. The van der Waals surface area contributed by atoms with Crippen molar-refractivity contribution in [1.82, 2.24) is 24.7 Å². The number of rotatable bonds is 12. The zero-order chi connectivity index (χ0) is 30.2. The monoisotopic (exact) mass is 630 g/mol. The van der Waals surface area contributed by atoms with Crippen molar-refractivity contribution in [2.24, 2.45) is 0 Å². The molecule has 1 N–H and O–H groups in total. The molecule has 43 heavy (non-hydrogen) atoms. The van der Waals surface area contributed by atoms with Crippen molar-refractivity contribution in [3.05, 3.63) is 76.8 Å². The molecule has 2 saturated heterocycles. The van der Waals surface area contributed by atoms with Crippen LogP contribution in [0.15, 0.2) is 61.2 Å². The van der Waals surface area contributed by atoms with Gasteiger partial charge in [-0.25, -0.2) is 9.78 Å². The Morgan fingerprint density at radius 1 is 1.12 bits per heavy atom. The largest absolute Gasteiger partial charge is 0.491 e. The van der Waals surface area contributed by atoms with E-state index in [2.05, 4.69) is 32.2 Å². The first-order valence-electron chi connectivity index (χ1n) is 14.8. The highest BCUT2D eigenvalue weighted by molar-refractivity contribution is 6.35. The first-order chi connectivity index (χ1) is 20.9. The number of piperazine rings is 1. The summed E-state index contributed by atoms with van der Waals surface area (Å²) in [4.78, 5) is 22.9. The van der Waals surface area contributed by atoms with Gasteiger partial charge >= 0.3 is 6.03 Å². The molecular formula is C31H40Cl2N6O4. The van der Waals surface area contributed by atoms with Crippen LogP contribution < -0.4 is 15.0 Å². The van der Waals surface area contributed by atoms with Crippen LogP contribution in [0.4, 0.5) is 10.5 Å². The lowest BCUT2D eigenvalue weighted by Gasteiger charge is -2.36. The predicted molar refractivity (Wildman–Crippen MR) is 168 cm³/mol. The van der Waals surface area contributed by atoms with Crippen molar-refractivity contribution >= 4 is 34.9 Å². The number of nitrogens with one attached hydrogen (secondary N) is 1. The molecule has 2 aromatic carbocycles. The summed E-state index contributed by atoms with van der Waals surface area (Å²) in [6.07, 6.45) is 5.00. The number of urea groups is 1. The topological polar surface area (TPSA) is 84.3 Å².